The number of fused-ring (bicyclic) bond motifs is 1. The third-order valence-corrected chi connectivity index (χ3v) is 7.59. The predicted molar refractivity (Wildman–Crippen MR) is 123 cm³/mol. The van der Waals surface area contributed by atoms with Gasteiger partial charge in [0.05, 0.1) is 18.1 Å². The SMILES string of the molecule is CCOC(=O)[C@@H]1[C@H]2C(=O)N(CCCO)C(C(=O)NC(C)(C)CC(C)(C)C)C23CC(C)[C@@]1(C)O3. The first-order chi connectivity index (χ1) is 15.1. The zero-order chi connectivity index (χ0) is 25.0. The molecule has 0 aromatic heterocycles. The monoisotopic (exact) mass is 466 g/mol. The first kappa shape index (κ1) is 25.9. The van der Waals surface area contributed by atoms with Crippen LogP contribution in [0.1, 0.15) is 74.7 Å². The van der Waals surface area contributed by atoms with Crippen LogP contribution in [0.5, 0.6) is 0 Å². The van der Waals surface area contributed by atoms with Crippen molar-refractivity contribution in [2.45, 2.75) is 97.4 Å². The van der Waals surface area contributed by atoms with Gasteiger partial charge in [-0.2, -0.15) is 0 Å². The van der Waals surface area contributed by atoms with Gasteiger partial charge in [-0.1, -0.05) is 27.7 Å². The van der Waals surface area contributed by atoms with Gasteiger partial charge in [0, 0.05) is 18.7 Å². The van der Waals surface area contributed by atoms with Crippen molar-refractivity contribution in [3.63, 3.8) is 0 Å². The van der Waals surface area contributed by atoms with Crippen molar-refractivity contribution in [1.82, 2.24) is 10.2 Å². The van der Waals surface area contributed by atoms with Crippen LogP contribution in [-0.4, -0.2) is 70.3 Å². The van der Waals surface area contributed by atoms with Crippen molar-refractivity contribution in [3.8, 4) is 0 Å². The summed E-state index contributed by atoms with van der Waals surface area (Å²) in [4.78, 5) is 42.1. The fraction of sp³-hybridized carbons (Fsp3) is 0.880. The molecule has 0 aromatic carbocycles. The molecule has 0 aromatic rings. The Kier molecular flexibility index (Phi) is 6.70. The molecule has 3 fully saturated rings. The van der Waals surface area contributed by atoms with Crippen LogP contribution in [0.25, 0.3) is 0 Å². The summed E-state index contributed by atoms with van der Waals surface area (Å²) in [6, 6.07) is -0.857. The Labute approximate surface area is 197 Å². The molecule has 6 atom stereocenters. The molecular formula is C25H42N2O6. The van der Waals surface area contributed by atoms with Crippen LogP contribution >= 0.6 is 0 Å². The Bertz CT molecular complexity index is 805. The van der Waals surface area contributed by atoms with Gasteiger partial charge >= 0.3 is 5.97 Å². The second-order valence-electron chi connectivity index (χ2n) is 12.2. The number of likely N-dealkylation sites (tertiary alicyclic amines) is 1. The van der Waals surface area contributed by atoms with Crippen molar-refractivity contribution >= 4 is 17.8 Å². The number of nitrogens with zero attached hydrogens (tertiary/aromatic N) is 1. The Balaban J connectivity index is 2.02. The van der Waals surface area contributed by atoms with Crippen molar-refractivity contribution in [2.24, 2.45) is 23.2 Å². The molecule has 33 heavy (non-hydrogen) atoms. The van der Waals surface area contributed by atoms with Crippen molar-refractivity contribution < 1.29 is 29.0 Å². The summed E-state index contributed by atoms with van der Waals surface area (Å²) in [5, 5.41) is 12.6. The van der Waals surface area contributed by atoms with Gasteiger partial charge < -0.3 is 24.8 Å². The average molecular weight is 467 g/mol. The summed E-state index contributed by atoms with van der Waals surface area (Å²) >= 11 is 0. The molecule has 2 bridgehead atoms. The topological polar surface area (TPSA) is 105 Å². The summed E-state index contributed by atoms with van der Waals surface area (Å²) in [5.74, 6) is -2.51. The Morgan fingerprint density at radius 3 is 2.45 bits per heavy atom. The third kappa shape index (κ3) is 4.29. The van der Waals surface area contributed by atoms with Gasteiger partial charge in [0.15, 0.2) is 0 Å². The smallest absolute Gasteiger partial charge is 0.312 e. The average Bonchev–Trinajstić information content (AvgIpc) is 3.15. The first-order valence-corrected chi connectivity index (χ1v) is 12.2. The lowest BCUT2D eigenvalue weighted by molar-refractivity contribution is -0.161. The van der Waals surface area contributed by atoms with E-state index < -0.39 is 40.6 Å². The highest BCUT2D eigenvalue weighted by Crippen LogP contribution is 2.65. The molecule has 3 rings (SSSR count). The second-order valence-corrected chi connectivity index (χ2v) is 12.2. The van der Waals surface area contributed by atoms with Crippen LogP contribution in [0, 0.1) is 23.2 Å². The van der Waals surface area contributed by atoms with Gasteiger partial charge in [-0.15, -0.1) is 0 Å². The summed E-state index contributed by atoms with van der Waals surface area (Å²) in [7, 11) is 0. The summed E-state index contributed by atoms with van der Waals surface area (Å²) in [6.07, 6.45) is 1.61. The van der Waals surface area contributed by atoms with Crippen molar-refractivity contribution in [3.05, 3.63) is 0 Å². The van der Waals surface area contributed by atoms with E-state index in [0.717, 1.165) is 6.42 Å². The number of aliphatic hydroxyl groups is 1. The summed E-state index contributed by atoms with van der Waals surface area (Å²) in [5.41, 5.74) is -2.45. The molecule has 3 heterocycles. The lowest BCUT2D eigenvalue weighted by Crippen LogP contribution is -2.59. The van der Waals surface area contributed by atoms with E-state index in [1.165, 1.54) is 4.90 Å². The van der Waals surface area contributed by atoms with Gasteiger partial charge in [-0.3, -0.25) is 14.4 Å². The highest BCUT2D eigenvalue weighted by molar-refractivity contribution is 5.98. The van der Waals surface area contributed by atoms with Crippen LogP contribution in [0.2, 0.25) is 0 Å². The van der Waals surface area contributed by atoms with Gasteiger partial charge in [-0.25, -0.2) is 0 Å². The number of hydrogen-bond donors (Lipinski definition) is 2. The van der Waals surface area contributed by atoms with Crippen molar-refractivity contribution in [1.29, 1.82) is 0 Å². The molecule has 3 aliphatic rings. The van der Waals surface area contributed by atoms with E-state index in [0.29, 0.717) is 12.8 Å². The Morgan fingerprint density at radius 1 is 1.27 bits per heavy atom. The number of ether oxygens (including phenoxy) is 2. The number of rotatable bonds is 8. The standard InChI is InChI=1S/C25H42N2O6/c1-9-32-21(31)17-16-20(30)27(11-10-12-28)18(25(16)13-15(2)24(17,8)33-25)19(29)26-23(6,7)14-22(3,4)5/h15-18,28H,9-14H2,1-8H3,(H,26,29)/t15?,16-,17-,18?,24+,25?/m0/s1. The second kappa shape index (κ2) is 8.52. The molecule has 2 amide bonds. The minimum absolute atomic E-state index is 0.00101. The highest BCUT2D eigenvalue weighted by atomic mass is 16.6. The molecule has 8 heteroatoms. The first-order valence-electron chi connectivity index (χ1n) is 12.2. The third-order valence-electron chi connectivity index (χ3n) is 7.59. The summed E-state index contributed by atoms with van der Waals surface area (Å²) in [6.45, 7) is 16.3. The molecule has 3 unspecified atom stereocenters. The molecule has 1 spiro atoms. The van der Waals surface area contributed by atoms with Gasteiger partial charge in [0.2, 0.25) is 11.8 Å². The minimum Gasteiger partial charge on any atom is -0.466 e. The van der Waals surface area contributed by atoms with Crippen LogP contribution < -0.4 is 5.32 Å². The van der Waals surface area contributed by atoms with Gasteiger partial charge in [0.25, 0.3) is 0 Å². The number of carbonyl (C=O) groups excluding carboxylic acids is 3. The predicted octanol–water partition coefficient (Wildman–Crippen LogP) is 2.27. The largest absolute Gasteiger partial charge is 0.466 e. The lowest BCUT2D eigenvalue weighted by atomic mass is 9.62. The van der Waals surface area contributed by atoms with Crippen LogP contribution in [-0.2, 0) is 23.9 Å². The maximum atomic E-state index is 13.8. The fourth-order valence-electron chi connectivity index (χ4n) is 6.88. The molecule has 3 aliphatic heterocycles. The zero-order valence-electron chi connectivity index (χ0n) is 21.5. The van der Waals surface area contributed by atoms with E-state index in [2.05, 4.69) is 26.1 Å². The van der Waals surface area contributed by atoms with Crippen molar-refractivity contribution in [2.75, 3.05) is 19.8 Å². The molecule has 2 N–H and O–H groups in total. The molecule has 188 valence electrons. The Hall–Kier alpha value is -1.67. The molecule has 0 aliphatic carbocycles. The van der Waals surface area contributed by atoms with E-state index in [4.69, 9.17) is 9.47 Å². The molecule has 3 saturated heterocycles. The maximum Gasteiger partial charge on any atom is 0.312 e. The van der Waals surface area contributed by atoms with Crippen LogP contribution in [0.15, 0.2) is 0 Å². The molecule has 8 nitrogen and oxygen atoms in total. The highest BCUT2D eigenvalue weighted by Gasteiger charge is 2.80. The lowest BCUT2D eigenvalue weighted by Gasteiger charge is -2.38. The van der Waals surface area contributed by atoms with Crippen LogP contribution in [0.4, 0.5) is 0 Å². The number of carbonyl (C=O) groups is 3. The number of hydrogen-bond acceptors (Lipinski definition) is 6. The normalized spacial score (nSPS) is 35.7. The number of aliphatic hydroxyl groups excluding tert-OH is 1. The van der Waals surface area contributed by atoms with E-state index >= 15 is 0 Å². The molecular weight excluding hydrogens is 424 g/mol. The number of amides is 2. The number of esters is 1. The summed E-state index contributed by atoms with van der Waals surface area (Å²) < 4.78 is 12.0. The molecule has 0 saturated carbocycles. The maximum absolute atomic E-state index is 13.8. The van der Waals surface area contributed by atoms with Gasteiger partial charge in [-0.05, 0) is 58.3 Å². The van der Waals surface area contributed by atoms with Gasteiger partial charge in [0.1, 0.15) is 17.6 Å². The van der Waals surface area contributed by atoms with E-state index in [9.17, 15) is 19.5 Å². The fourth-order valence-corrected chi connectivity index (χ4v) is 6.88. The minimum atomic E-state index is -1.08. The number of nitrogens with one attached hydrogen (secondary N) is 1. The Morgan fingerprint density at radius 2 is 1.91 bits per heavy atom. The van der Waals surface area contributed by atoms with Crippen LogP contribution in [0.3, 0.4) is 0 Å². The quantitative estimate of drug-likeness (QED) is 0.532. The zero-order valence-corrected chi connectivity index (χ0v) is 21.5. The molecule has 0 radical (unpaired) electrons. The van der Waals surface area contributed by atoms with E-state index in [1.54, 1.807) is 6.92 Å². The van der Waals surface area contributed by atoms with E-state index in [1.807, 2.05) is 27.7 Å². The van der Waals surface area contributed by atoms with E-state index in [-0.39, 0.29) is 42.9 Å².